The van der Waals surface area contributed by atoms with E-state index in [2.05, 4.69) is 0 Å². The van der Waals surface area contributed by atoms with Crippen molar-refractivity contribution in [2.45, 2.75) is 9.79 Å². The van der Waals surface area contributed by atoms with Crippen LogP contribution in [-0.2, 0) is 20.2 Å². The fourth-order valence-electron chi connectivity index (χ4n) is 2.84. The molecule has 2 rings (SSSR count). The molecule has 10 nitrogen and oxygen atoms in total. The van der Waals surface area contributed by atoms with Crippen molar-refractivity contribution in [2.24, 2.45) is 0 Å². The Morgan fingerprint density at radius 1 is 0.667 bits per heavy atom. The Morgan fingerprint density at radius 2 is 0.967 bits per heavy atom. The van der Waals surface area contributed by atoms with E-state index >= 15 is 0 Å². The minimum Gasteiger partial charge on any atom is -0.496 e. The van der Waals surface area contributed by atoms with Crippen LogP contribution in [0.2, 0.25) is 0 Å². The SMILES string of the molecule is COc1cc(I)c(OC)c(S(=O)(=O)O)c1-c1c(OC)cc(I)c(OC)c1S(=O)(=O)O. The minimum absolute atomic E-state index is 0.126. The van der Waals surface area contributed by atoms with Gasteiger partial charge in [-0.1, -0.05) is 0 Å². The molecule has 0 aliphatic rings. The summed E-state index contributed by atoms with van der Waals surface area (Å²) in [6.07, 6.45) is 0. The molecule has 0 aromatic heterocycles. The Kier molecular flexibility index (Phi) is 7.71. The first kappa shape index (κ1) is 25.2. The largest absolute Gasteiger partial charge is 0.496 e. The summed E-state index contributed by atoms with van der Waals surface area (Å²) in [5, 5.41) is 0. The molecule has 14 heteroatoms. The van der Waals surface area contributed by atoms with Crippen molar-refractivity contribution in [3.05, 3.63) is 19.3 Å². The average Bonchev–Trinajstić information content (AvgIpc) is 2.64. The molecule has 0 amide bonds. The lowest BCUT2D eigenvalue weighted by Gasteiger charge is -2.22. The van der Waals surface area contributed by atoms with Gasteiger partial charge in [0, 0.05) is 0 Å². The van der Waals surface area contributed by atoms with Crippen molar-refractivity contribution in [1.82, 2.24) is 0 Å². The van der Waals surface area contributed by atoms with Gasteiger partial charge in [-0.2, -0.15) is 16.8 Å². The summed E-state index contributed by atoms with van der Waals surface area (Å²) in [5.41, 5.74) is -0.784. The number of hydrogen-bond acceptors (Lipinski definition) is 8. The maximum atomic E-state index is 12.3. The third-order valence-corrected chi connectivity index (χ3v) is 7.34. The van der Waals surface area contributed by atoms with Gasteiger partial charge in [-0.05, 0) is 57.3 Å². The van der Waals surface area contributed by atoms with Crippen LogP contribution in [0.4, 0.5) is 0 Å². The van der Waals surface area contributed by atoms with Crippen LogP contribution in [0.25, 0.3) is 11.1 Å². The molecule has 0 atom stereocenters. The van der Waals surface area contributed by atoms with Crippen LogP contribution in [0.3, 0.4) is 0 Å². The van der Waals surface area contributed by atoms with E-state index < -0.39 is 41.2 Å². The lowest BCUT2D eigenvalue weighted by molar-refractivity contribution is 0.380. The Labute approximate surface area is 200 Å². The summed E-state index contributed by atoms with van der Waals surface area (Å²) < 4.78 is 90.7. The highest BCUT2D eigenvalue weighted by Gasteiger charge is 2.36. The van der Waals surface area contributed by atoms with Crippen LogP contribution in [-0.4, -0.2) is 54.4 Å². The second-order valence-electron chi connectivity index (χ2n) is 5.55. The van der Waals surface area contributed by atoms with E-state index in [1.54, 1.807) is 45.2 Å². The van der Waals surface area contributed by atoms with Gasteiger partial charge in [0.25, 0.3) is 20.2 Å². The highest BCUT2D eigenvalue weighted by atomic mass is 127. The molecular weight excluding hydrogens is 670 g/mol. The molecule has 0 fully saturated rings. The normalized spacial score (nSPS) is 11.9. The van der Waals surface area contributed by atoms with Gasteiger partial charge in [-0.15, -0.1) is 0 Å². The van der Waals surface area contributed by atoms with Gasteiger partial charge >= 0.3 is 0 Å². The van der Waals surface area contributed by atoms with E-state index in [1.165, 1.54) is 40.6 Å². The van der Waals surface area contributed by atoms with E-state index in [4.69, 9.17) is 18.9 Å². The van der Waals surface area contributed by atoms with Crippen molar-refractivity contribution in [3.63, 3.8) is 0 Å². The van der Waals surface area contributed by atoms with E-state index in [0.29, 0.717) is 0 Å². The van der Waals surface area contributed by atoms with E-state index in [0.717, 1.165) is 0 Å². The number of hydrogen-bond donors (Lipinski definition) is 2. The summed E-state index contributed by atoms with van der Waals surface area (Å²) in [4.78, 5) is -1.53. The van der Waals surface area contributed by atoms with Crippen LogP contribution in [0.15, 0.2) is 21.9 Å². The second kappa shape index (κ2) is 9.19. The standard InChI is InChI=1S/C16H16I2O10S2/c1-25-9-5-7(17)13(27-3)15(29(19,20)21)11(9)12-10(26-2)6-8(18)14(28-4)16(12)30(22,23)24/h5-6H,1-4H3,(H,19,20,21)(H,22,23,24). The molecule has 2 aromatic carbocycles. The first-order chi connectivity index (χ1) is 13.8. The summed E-state index contributed by atoms with van der Waals surface area (Å²) in [5.74, 6) is -0.761. The van der Waals surface area contributed by atoms with E-state index in [9.17, 15) is 25.9 Å². The summed E-state index contributed by atoms with van der Waals surface area (Å²) in [6.45, 7) is 0. The number of benzene rings is 2. The fourth-order valence-corrected chi connectivity index (χ4v) is 6.53. The number of halogens is 2. The zero-order chi connectivity index (χ0) is 23.0. The third kappa shape index (κ3) is 4.57. The first-order valence-electron chi connectivity index (χ1n) is 7.67. The predicted molar refractivity (Wildman–Crippen MR) is 123 cm³/mol. The number of rotatable bonds is 7. The van der Waals surface area contributed by atoms with Crippen LogP contribution in [0.5, 0.6) is 23.0 Å². The fraction of sp³-hybridized carbons (Fsp3) is 0.250. The van der Waals surface area contributed by atoms with Crippen molar-refractivity contribution in [1.29, 1.82) is 0 Å². The molecule has 30 heavy (non-hydrogen) atoms. The molecule has 0 heterocycles. The molecule has 2 N–H and O–H groups in total. The predicted octanol–water partition coefficient (Wildman–Crippen LogP) is 3.09. The van der Waals surface area contributed by atoms with Crippen LogP contribution in [0, 0.1) is 7.14 Å². The van der Waals surface area contributed by atoms with Gasteiger partial charge in [0.1, 0.15) is 21.3 Å². The molecule has 166 valence electrons. The smallest absolute Gasteiger partial charge is 0.299 e. The van der Waals surface area contributed by atoms with Gasteiger partial charge in [-0.3, -0.25) is 9.11 Å². The topological polar surface area (TPSA) is 146 Å². The number of methoxy groups -OCH3 is 4. The monoisotopic (exact) mass is 686 g/mol. The van der Waals surface area contributed by atoms with Gasteiger partial charge in [0.2, 0.25) is 0 Å². The Hall–Kier alpha value is -1.08. The van der Waals surface area contributed by atoms with Gasteiger partial charge < -0.3 is 18.9 Å². The van der Waals surface area contributed by atoms with Crippen molar-refractivity contribution < 1.29 is 44.9 Å². The summed E-state index contributed by atoms with van der Waals surface area (Å²) in [6, 6.07) is 2.75. The molecule has 0 unspecified atom stereocenters. The lowest BCUT2D eigenvalue weighted by atomic mass is 10.0. The van der Waals surface area contributed by atoms with E-state index in [1.807, 2.05) is 0 Å². The first-order valence-corrected chi connectivity index (χ1v) is 12.7. The van der Waals surface area contributed by atoms with Gasteiger partial charge in [0.05, 0.1) is 46.7 Å². The highest BCUT2D eigenvalue weighted by molar-refractivity contribution is 14.1. The molecule has 0 bridgehead atoms. The quantitative estimate of drug-likeness (QED) is 0.329. The zero-order valence-electron chi connectivity index (χ0n) is 15.9. The van der Waals surface area contributed by atoms with E-state index in [-0.39, 0.29) is 30.1 Å². The van der Waals surface area contributed by atoms with Crippen LogP contribution in [0.1, 0.15) is 0 Å². The highest BCUT2D eigenvalue weighted by Crippen LogP contribution is 2.52. The van der Waals surface area contributed by atoms with Crippen LogP contribution >= 0.6 is 45.2 Å². The Bertz CT molecular complexity index is 1110. The lowest BCUT2D eigenvalue weighted by Crippen LogP contribution is -2.12. The summed E-state index contributed by atoms with van der Waals surface area (Å²) >= 11 is 3.54. The van der Waals surface area contributed by atoms with Crippen LogP contribution < -0.4 is 18.9 Å². The minimum atomic E-state index is -4.98. The molecule has 0 saturated carbocycles. The van der Waals surface area contributed by atoms with Gasteiger partial charge in [0.15, 0.2) is 11.5 Å². The third-order valence-electron chi connectivity index (χ3n) is 3.92. The molecule has 0 saturated heterocycles. The molecule has 0 aliphatic heterocycles. The van der Waals surface area contributed by atoms with Crippen molar-refractivity contribution in [2.75, 3.05) is 28.4 Å². The zero-order valence-corrected chi connectivity index (χ0v) is 21.8. The van der Waals surface area contributed by atoms with Crippen molar-refractivity contribution in [3.8, 4) is 34.1 Å². The maximum Gasteiger partial charge on any atom is 0.299 e. The Balaban J connectivity index is 3.36. The second-order valence-corrected chi connectivity index (χ2v) is 10.6. The molecular formula is C16H16I2O10S2. The molecule has 0 spiro atoms. The number of ether oxygens (including phenoxy) is 4. The summed E-state index contributed by atoms with van der Waals surface area (Å²) in [7, 11) is -5.16. The Morgan fingerprint density at radius 3 is 1.17 bits per heavy atom. The van der Waals surface area contributed by atoms with Crippen molar-refractivity contribution >= 4 is 65.4 Å². The van der Waals surface area contributed by atoms with Gasteiger partial charge in [-0.25, -0.2) is 0 Å². The molecule has 0 aliphatic carbocycles. The average molecular weight is 686 g/mol. The molecule has 0 radical (unpaired) electrons. The maximum absolute atomic E-state index is 12.3. The molecule has 2 aromatic rings.